The Balaban J connectivity index is 1.91. The van der Waals surface area contributed by atoms with Gasteiger partial charge in [-0.1, -0.05) is 0 Å². The van der Waals surface area contributed by atoms with Crippen LogP contribution in [0.1, 0.15) is 19.3 Å². The van der Waals surface area contributed by atoms with Crippen molar-refractivity contribution in [3.63, 3.8) is 0 Å². The van der Waals surface area contributed by atoms with Crippen LogP contribution in [0.4, 0.5) is 5.69 Å². The topological polar surface area (TPSA) is 42.7 Å². The van der Waals surface area contributed by atoms with Gasteiger partial charge >= 0.3 is 0 Å². The first-order valence-electron chi connectivity index (χ1n) is 5.65. The van der Waals surface area contributed by atoms with Crippen molar-refractivity contribution in [2.75, 3.05) is 5.32 Å². The molecule has 2 aromatic heterocycles. The van der Waals surface area contributed by atoms with E-state index in [4.69, 9.17) is 0 Å². The van der Waals surface area contributed by atoms with E-state index in [1.807, 2.05) is 18.3 Å². The molecule has 0 aliphatic heterocycles. The van der Waals surface area contributed by atoms with Crippen LogP contribution < -0.4 is 5.32 Å². The minimum atomic E-state index is 0.610. The number of nitrogens with one attached hydrogen (secondary N) is 1. The van der Waals surface area contributed by atoms with Gasteiger partial charge in [-0.05, 0) is 37.5 Å². The molecule has 82 valence electrons. The van der Waals surface area contributed by atoms with Gasteiger partial charge in [0, 0.05) is 24.6 Å². The quantitative estimate of drug-likeness (QED) is 0.852. The Morgan fingerprint density at radius 2 is 2.19 bits per heavy atom. The van der Waals surface area contributed by atoms with Crippen molar-refractivity contribution < 1.29 is 0 Å². The minimum absolute atomic E-state index is 0.610. The normalized spacial score (nSPS) is 15.8. The standard InChI is InChI=1S/C12H14N4/c1-4-10(5-1)15-11-6-2-7-13-12(11)16-9-3-8-14-16/h2-3,6-10,15H,1,4-5H2. The molecule has 0 atom stereocenters. The molecule has 1 saturated carbocycles. The fourth-order valence-corrected chi connectivity index (χ4v) is 1.86. The summed E-state index contributed by atoms with van der Waals surface area (Å²) in [6.45, 7) is 0. The highest BCUT2D eigenvalue weighted by molar-refractivity contribution is 5.56. The maximum absolute atomic E-state index is 4.37. The minimum Gasteiger partial charge on any atom is -0.379 e. The molecule has 0 amide bonds. The molecule has 16 heavy (non-hydrogen) atoms. The van der Waals surface area contributed by atoms with Gasteiger partial charge in [-0.3, -0.25) is 0 Å². The molecule has 1 aliphatic carbocycles. The number of hydrogen-bond donors (Lipinski definition) is 1. The lowest BCUT2D eigenvalue weighted by Gasteiger charge is -2.28. The van der Waals surface area contributed by atoms with Crippen LogP contribution in [0.15, 0.2) is 36.8 Å². The number of hydrogen-bond acceptors (Lipinski definition) is 3. The number of nitrogens with zero attached hydrogens (tertiary/aromatic N) is 3. The summed E-state index contributed by atoms with van der Waals surface area (Å²) in [7, 11) is 0. The molecule has 1 N–H and O–H groups in total. The van der Waals surface area contributed by atoms with Crippen LogP contribution >= 0.6 is 0 Å². The third-order valence-corrected chi connectivity index (χ3v) is 2.97. The monoisotopic (exact) mass is 214 g/mol. The SMILES string of the molecule is c1cnc(-n2cccn2)c(NC2CCC2)c1. The van der Waals surface area contributed by atoms with Crippen LogP contribution in [0.2, 0.25) is 0 Å². The van der Waals surface area contributed by atoms with Crippen molar-refractivity contribution in [3.05, 3.63) is 36.8 Å². The Morgan fingerprint density at radius 1 is 1.25 bits per heavy atom. The van der Waals surface area contributed by atoms with Gasteiger partial charge in [-0.2, -0.15) is 5.10 Å². The van der Waals surface area contributed by atoms with E-state index in [0.717, 1.165) is 11.5 Å². The average molecular weight is 214 g/mol. The second kappa shape index (κ2) is 3.96. The van der Waals surface area contributed by atoms with Crippen LogP contribution in [0.3, 0.4) is 0 Å². The van der Waals surface area contributed by atoms with E-state index in [0.29, 0.717) is 6.04 Å². The highest BCUT2D eigenvalue weighted by atomic mass is 15.3. The predicted molar refractivity (Wildman–Crippen MR) is 62.6 cm³/mol. The highest BCUT2D eigenvalue weighted by Gasteiger charge is 2.18. The van der Waals surface area contributed by atoms with E-state index >= 15 is 0 Å². The summed E-state index contributed by atoms with van der Waals surface area (Å²) in [6, 6.07) is 6.52. The van der Waals surface area contributed by atoms with Crippen molar-refractivity contribution >= 4 is 5.69 Å². The Labute approximate surface area is 94.3 Å². The molecule has 2 heterocycles. The highest BCUT2D eigenvalue weighted by Crippen LogP contribution is 2.25. The largest absolute Gasteiger partial charge is 0.379 e. The molecular weight excluding hydrogens is 200 g/mol. The molecular formula is C12H14N4. The Bertz CT molecular complexity index is 460. The van der Waals surface area contributed by atoms with Crippen LogP contribution in [0.5, 0.6) is 0 Å². The lowest BCUT2D eigenvalue weighted by atomic mass is 9.93. The summed E-state index contributed by atoms with van der Waals surface area (Å²) in [6.07, 6.45) is 9.31. The maximum atomic E-state index is 4.37. The first-order valence-corrected chi connectivity index (χ1v) is 5.65. The van der Waals surface area contributed by atoms with E-state index in [1.165, 1.54) is 19.3 Å². The summed E-state index contributed by atoms with van der Waals surface area (Å²) >= 11 is 0. The second-order valence-electron chi connectivity index (χ2n) is 4.10. The number of pyridine rings is 1. The Kier molecular flexibility index (Phi) is 2.33. The summed E-state index contributed by atoms with van der Waals surface area (Å²) in [4.78, 5) is 4.37. The van der Waals surface area contributed by atoms with E-state index < -0.39 is 0 Å². The molecule has 0 aromatic carbocycles. The van der Waals surface area contributed by atoms with Gasteiger partial charge in [0.2, 0.25) is 0 Å². The lowest BCUT2D eigenvalue weighted by Crippen LogP contribution is -2.27. The average Bonchev–Trinajstić information content (AvgIpc) is 2.77. The molecule has 2 aromatic rings. The molecule has 1 fully saturated rings. The van der Waals surface area contributed by atoms with Gasteiger partial charge in [-0.25, -0.2) is 9.67 Å². The second-order valence-corrected chi connectivity index (χ2v) is 4.10. The zero-order valence-corrected chi connectivity index (χ0v) is 9.00. The molecule has 3 rings (SSSR count). The summed E-state index contributed by atoms with van der Waals surface area (Å²) in [5.74, 6) is 0.874. The smallest absolute Gasteiger partial charge is 0.176 e. The first-order chi connectivity index (χ1) is 7.93. The van der Waals surface area contributed by atoms with Crippen LogP contribution in [-0.4, -0.2) is 20.8 Å². The molecule has 0 unspecified atom stereocenters. The molecule has 4 heteroatoms. The van der Waals surface area contributed by atoms with Gasteiger partial charge in [-0.15, -0.1) is 0 Å². The molecule has 4 nitrogen and oxygen atoms in total. The third kappa shape index (κ3) is 1.66. The first kappa shape index (κ1) is 9.39. The fourth-order valence-electron chi connectivity index (χ4n) is 1.86. The number of aromatic nitrogens is 3. The van der Waals surface area contributed by atoms with Crippen molar-refractivity contribution in [2.45, 2.75) is 25.3 Å². The lowest BCUT2D eigenvalue weighted by molar-refractivity contribution is 0.445. The molecule has 0 saturated heterocycles. The van der Waals surface area contributed by atoms with E-state index in [-0.39, 0.29) is 0 Å². The van der Waals surface area contributed by atoms with Gasteiger partial charge in [0.1, 0.15) is 0 Å². The predicted octanol–water partition coefficient (Wildman–Crippen LogP) is 2.23. The van der Waals surface area contributed by atoms with Gasteiger partial charge < -0.3 is 5.32 Å². The third-order valence-electron chi connectivity index (χ3n) is 2.97. The Morgan fingerprint density at radius 3 is 2.88 bits per heavy atom. The zero-order chi connectivity index (χ0) is 10.8. The maximum Gasteiger partial charge on any atom is 0.176 e. The van der Waals surface area contributed by atoms with Crippen molar-refractivity contribution in [1.82, 2.24) is 14.8 Å². The summed E-state index contributed by atoms with van der Waals surface area (Å²) in [5.41, 5.74) is 1.07. The van der Waals surface area contributed by atoms with Crippen molar-refractivity contribution in [2.24, 2.45) is 0 Å². The van der Waals surface area contributed by atoms with Crippen LogP contribution in [0, 0.1) is 0 Å². The van der Waals surface area contributed by atoms with Crippen LogP contribution in [0.25, 0.3) is 5.82 Å². The van der Waals surface area contributed by atoms with Gasteiger partial charge in [0.05, 0.1) is 5.69 Å². The molecule has 0 spiro atoms. The van der Waals surface area contributed by atoms with Crippen molar-refractivity contribution in [3.8, 4) is 5.82 Å². The number of anilines is 1. The zero-order valence-electron chi connectivity index (χ0n) is 9.00. The van der Waals surface area contributed by atoms with Crippen LogP contribution in [-0.2, 0) is 0 Å². The van der Waals surface area contributed by atoms with Gasteiger partial charge in [0.25, 0.3) is 0 Å². The fraction of sp³-hybridized carbons (Fsp3) is 0.333. The van der Waals surface area contributed by atoms with Gasteiger partial charge in [0.15, 0.2) is 5.82 Å². The van der Waals surface area contributed by atoms with E-state index in [2.05, 4.69) is 21.5 Å². The summed E-state index contributed by atoms with van der Waals surface area (Å²) in [5, 5.41) is 7.72. The Hall–Kier alpha value is -1.84. The van der Waals surface area contributed by atoms with E-state index in [9.17, 15) is 0 Å². The summed E-state index contributed by atoms with van der Waals surface area (Å²) < 4.78 is 1.79. The van der Waals surface area contributed by atoms with Crippen molar-refractivity contribution in [1.29, 1.82) is 0 Å². The van der Waals surface area contributed by atoms with E-state index in [1.54, 1.807) is 17.1 Å². The molecule has 1 aliphatic rings. The molecule has 0 bridgehead atoms. The molecule has 0 radical (unpaired) electrons. The number of rotatable bonds is 3.